The van der Waals surface area contributed by atoms with E-state index < -0.39 is 17.7 Å². The summed E-state index contributed by atoms with van der Waals surface area (Å²) >= 11 is 0. The standard InChI is InChI=1S/C20H19FN4O4/c1-29-11-3-4-12-15(7-11)23-19(13-6-10(21)2-5-17(13)26)25-18(12)24-16-9-22-8-14(16)20(27)28/h2-7,14,16,22,26H,8-9H2,1H3,(H,27,28)(H,23,24,25)/t14?,16-/m1/s1. The SMILES string of the molecule is COc1ccc2c(N[C@@H]3CNCC3C(=O)O)nc(-c3cc(F)ccc3O)nc2c1. The molecule has 2 aromatic carbocycles. The van der Waals surface area contributed by atoms with Gasteiger partial charge in [-0.15, -0.1) is 0 Å². The molecule has 1 aliphatic rings. The van der Waals surface area contributed by atoms with Crippen molar-refractivity contribution in [1.29, 1.82) is 0 Å². The van der Waals surface area contributed by atoms with E-state index in [2.05, 4.69) is 20.6 Å². The number of aromatic nitrogens is 2. The van der Waals surface area contributed by atoms with Gasteiger partial charge in [-0.2, -0.15) is 0 Å². The number of methoxy groups -OCH3 is 1. The van der Waals surface area contributed by atoms with Crippen LogP contribution >= 0.6 is 0 Å². The zero-order valence-electron chi connectivity index (χ0n) is 15.5. The minimum atomic E-state index is -0.907. The van der Waals surface area contributed by atoms with E-state index in [1.54, 1.807) is 18.2 Å². The van der Waals surface area contributed by atoms with Gasteiger partial charge < -0.3 is 25.6 Å². The minimum absolute atomic E-state index is 0.114. The number of carboxylic acids is 1. The average Bonchev–Trinajstić information content (AvgIpc) is 3.17. The molecule has 29 heavy (non-hydrogen) atoms. The number of benzene rings is 2. The zero-order chi connectivity index (χ0) is 20.5. The monoisotopic (exact) mass is 398 g/mol. The molecule has 2 heterocycles. The van der Waals surface area contributed by atoms with Crippen LogP contribution in [0, 0.1) is 11.7 Å². The van der Waals surface area contributed by atoms with Crippen molar-refractivity contribution in [3.8, 4) is 22.9 Å². The number of phenolic OH excluding ortho intramolecular Hbond substituents is 1. The molecule has 0 amide bonds. The third kappa shape index (κ3) is 3.64. The van der Waals surface area contributed by atoms with Crippen molar-refractivity contribution < 1.29 is 24.1 Å². The van der Waals surface area contributed by atoms with E-state index in [0.29, 0.717) is 35.6 Å². The van der Waals surface area contributed by atoms with Crippen LogP contribution in [0.15, 0.2) is 36.4 Å². The second kappa shape index (κ2) is 7.51. The molecule has 1 unspecified atom stereocenters. The van der Waals surface area contributed by atoms with Crippen molar-refractivity contribution in [3.05, 3.63) is 42.2 Å². The number of nitrogens with one attached hydrogen (secondary N) is 2. The van der Waals surface area contributed by atoms with E-state index in [-0.39, 0.29) is 23.2 Å². The third-order valence-corrected chi connectivity index (χ3v) is 4.96. The topological polar surface area (TPSA) is 117 Å². The molecule has 9 heteroatoms. The van der Waals surface area contributed by atoms with Gasteiger partial charge in [0.1, 0.15) is 23.1 Å². The lowest BCUT2D eigenvalue weighted by Crippen LogP contribution is -2.33. The fraction of sp³-hybridized carbons (Fsp3) is 0.250. The number of hydrogen-bond acceptors (Lipinski definition) is 7. The number of aromatic hydroxyl groups is 1. The largest absolute Gasteiger partial charge is 0.507 e. The zero-order valence-corrected chi connectivity index (χ0v) is 15.5. The predicted octanol–water partition coefficient (Wildman–Crippen LogP) is 2.23. The smallest absolute Gasteiger partial charge is 0.309 e. The summed E-state index contributed by atoms with van der Waals surface area (Å²) in [6.07, 6.45) is 0. The number of anilines is 1. The van der Waals surface area contributed by atoms with E-state index >= 15 is 0 Å². The van der Waals surface area contributed by atoms with Crippen LogP contribution in [0.1, 0.15) is 0 Å². The molecule has 0 aliphatic carbocycles. The summed E-state index contributed by atoms with van der Waals surface area (Å²) in [4.78, 5) is 20.4. The van der Waals surface area contributed by atoms with Gasteiger partial charge in [0.05, 0.1) is 30.1 Å². The van der Waals surface area contributed by atoms with Gasteiger partial charge in [0.25, 0.3) is 0 Å². The number of carbonyl (C=O) groups is 1. The highest BCUT2D eigenvalue weighted by atomic mass is 19.1. The molecule has 1 aromatic heterocycles. The van der Waals surface area contributed by atoms with E-state index in [9.17, 15) is 19.4 Å². The maximum absolute atomic E-state index is 13.8. The Labute approximate surface area is 165 Å². The lowest BCUT2D eigenvalue weighted by Gasteiger charge is -2.19. The Hall–Kier alpha value is -3.46. The van der Waals surface area contributed by atoms with Crippen LogP contribution in [0.2, 0.25) is 0 Å². The second-order valence-corrected chi connectivity index (χ2v) is 6.79. The summed E-state index contributed by atoms with van der Waals surface area (Å²) in [7, 11) is 1.53. The van der Waals surface area contributed by atoms with Gasteiger partial charge in [0.2, 0.25) is 0 Å². The Morgan fingerprint density at radius 3 is 2.83 bits per heavy atom. The van der Waals surface area contributed by atoms with Crippen molar-refractivity contribution >= 4 is 22.7 Å². The molecule has 4 N–H and O–H groups in total. The molecule has 0 radical (unpaired) electrons. The number of fused-ring (bicyclic) bond motifs is 1. The number of hydrogen-bond donors (Lipinski definition) is 4. The second-order valence-electron chi connectivity index (χ2n) is 6.79. The summed E-state index contributed by atoms with van der Waals surface area (Å²) in [5.41, 5.74) is 0.649. The van der Waals surface area contributed by atoms with Gasteiger partial charge in [-0.1, -0.05) is 0 Å². The molecule has 1 saturated heterocycles. The van der Waals surface area contributed by atoms with Gasteiger partial charge in [-0.25, -0.2) is 14.4 Å². The molecule has 4 rings (SSSR count). The molecule has 0 bridgehead atoms. The molecule has 2 atom stereocenters. The van der Waals surface area contributed by atoms with Gasteiger partial charge in [0, 0.05) is 24.5 Å². The third-order valence-electron chi connectivity index (χ3n) is 4.96. The van der Waals surface area contributed by atoms with Crippen molar-refractivity contribution in [3.63, 3.8) is 0 Å². The molecule has 3 aromatic rings. The number of rotatable bonds is 5. The number of carboxylic acid groups (broad SMARTS) is 1. The molecule has 0 spiro atoms. The van der Waals surface area contributed by atoms with Crippen LogP contribution < -0.4 is 15.4 Å². The van der Waals surface area contributed by atoms with Crippen LogP contribution in [0.3, 0.4) is 0 Å². The fourth-order valence-corrected chi connectivity index (χ4v) is 3.42. The van der Waals surface area contributed by atoms with Crippen LogP contribution in [-0.2, 0) is 4.79 Å². The first-order valence-electron chi connectivity index (χ1n) is 9.01. The van der Waals surface area contributed by atoms with Crippen LogP contribution in [0.5, 0.6) is 11.5 Å². The Bertz CT molecular complexity index is 1090. The first-order valence-corrected chi connectivity index (χ1v) is 9.01. The fourth-order valence-electron chi connectivity index (χ4n) is 3.42. The maximum Gasteiger partial charge on any atom is 0.309 e. The maximum atomic E-state index is 13.8. The van der Waals surface area contributed by atoms with Crippen molar-refractivity contribution in [2.24, 2.45) is 5.92 Å². The Morgan fingerprint density at radius 1 is 1.24 bits per heavy atom. The lowest BCUT2D eigenvalue weighted by molar-refractivity contribution is -0.141. The summed E-state index contributed by atoms with van der Waals surface area (Å²) in [6.45, 7) is 0.806. The van der Waals surface area contributed by atoms with Crippen molar-refractivity contribution in [1.82, 2.24) is 15.3 Å². The molecule has 0 saturated carbocycles. The summed E-state index contributed by atoms with van der Waals surface area (Å²) in [5.74, 6) is -1.14. The molecule has 1 fully saturated rings. The van der Waals surface area contributed by atoms with Crippen molar-refractivity contribution in [2.75, 3.05) is 25.5 Å². The molecular weight excluding hydrogens is 379 g/mol. The number of phenols is 1. The highest BCUT2D eigenvalue weighted by molar-refractivity contribution is 5.92. The first-order chi connectivity index (χ1) is 14.0. The number of ether oxygens (including phenoxy) is 1. The molecule has 150 valence electrons. The van der Waals surface area contributed by atoms with E-state index in [0.717, 1.165) is 12.1 Å². The highest BCUT2D eigenvalue weighted by Crippen LogP contribution is 2.32. The summed E-state index contributed by atoms with van der Waals surface area (Å²) in [5, 5.41) is 26.5. The summed E-state index contributed by atoms with van der Waals surface area (Å²) < 4.78 is 19.0. The Kier molecular flexibility index (Phi) is 4.89. The van der Waals surface area contributed by atoms with E-state index in [4.69, 9.17) is 4.74 Å². The minimum Gasteiger partial charge on any atom is -0.507 e. The first kappa shape index (κ1) is 18.9. The quantitative estimate of drug-likeness (QED) is 0.517. The van der Waals surface area contributed by atoms with Gasteiger partial charge >= 0.3 is 5.97 Å². The lowest BCUT2D eigenvalue weighted by atomic mass is 10.0. The Balaban J connectivity index is 1.85. The van der Waals surface area contributed by atoms with Gasteiger partial charge in [0.15, 0.2) is 5.82 Å². The van der Waals surface area contributed by atoms with E-state index in [1.807, 2.05) is 0 Å². The van der Waals surface area contributed by atoms with Crippen LogP contribution in [0.25, 0.3) is 22.3 Å². The number of aliphatic carboxylic acids is 1. The molecule has 8 nitrogen and oxygen atoms in total. The van der Waals surface area contributed by atoms with Gasteiger partial charge in [-0.3, -0.25) is 4.79 Å². The number of nitrogens with zero attached hydrogens (tertiary/aromatic N) is 2. The van der Waals surface area contributed by atoms with E-state index in [1.165, 1.54) is 13.2 Å². The average molecular weight is 398 g/mol. The van der Waals surface area contributed by atoms with Crippen LogP contribution in [0.4, 0.5) is 10.2 Å². The summed E-state index contributed by atoms with van der Waals surface area (Å²) in [6, 6.07) is 8.35. The Morgan fingerprint density at radius 2 is 2.07 bits per heavy atom. The van der Waals surface area contributed by atoms with Gasteiger partial charge in [-0.05, 0) is 30.3 Å². The normalized spacial score (nSPS) is 18.7. The van der Waals surface area contributed by atoms with Crippen LogP contribution in [-0.4, -0.2) is 52.4 Å². The predicted molar refractivity (Wildman–Crippen MR) is 105 cm³/mol. The highest BCUT2D eigenvalue weighted by Gasteiger charge is 2.33. The number of halogens is 1. The molecular formula is C20H19FN4O4. The molecule has 1 aliphatic heterocycles. The van der Waals surface area contributed by atoms with Crippen molar-refractivity contribution in [2.45, 2.75) is 6.04 Å².